The summed E-state index contributed by atoms with van der Waals surface area (Å²) in [5.41, 5.74) is 8.21. The molecule has 0 saturated carbocycles. The Balaban J connectivity index is 1.38. The first kappa shape index (κ1) is 24.3. The third-order valence-electron chi connectivity index (χ3n) is 6.56. The minimum atomic E-state index is -3.63. The molecule has 2 N–H and O–H groups in total. The minimum Gasteiger partial charge on any atom is -0.368 e. The van der Waals surface area contributed by atoms with Gasteiger partial charge in [-0.2, -0.15) is 4.31 Å². The maximum atomic E-state index is 13.6. The summed E-state index contributed by atoms with van der Waals surface area (Å²) in [4.78, 5) is 28.3. The van der Waals surface area contributed by atoms with Gasteiger partial charge in [-0.05, 0) is 67.3 Å². The Morgan fingerprint density at radius 1 is 1.06 bits per heavy atom. The molecule has 0 aromatic heterocycles. The number of amides is 2. The first-order valence-electron chi connectivity index (χ1n) is 11.3. The van der Waals surface area contributed by atoms with Gasteiger partial charge in [-0.15, -0.1) is 0 Å². The molecule has 0 bridgehead atoms. The van der Waals surface area contributed by atoms with Gasteiger partial charge in [0.05, 0.1) is 11.4 Å². The number of hydrogen-bond acceptors (Lipinski definition) is 5. The second-order valence-corrected chi connectivity index (χ2v) is 10.8. The topological polar surface area (TPSA) is 104 Å². The smallest absolute Gasteiger partial charge is 0.243 e. The van der Waals surface area contributed by atoms with Crippen molar-refractivity contribution in [3.05, 3.63) is 65.0 Å². The van der Waals surface area contributed by atoms with Crippen molar-refractivity contribution in [1.29, 1.82) is 0 Å². The van der Waals surface area contributed by atoms with Crippen molar-refractivity contribution < 1.29 is 22.4 Å². The molecule has 2 aromatic rings. The largest absolute Gasteiger partial charge is 0.368 e. The van der Waals surface area contributed by atoms with E-state index in [4.69, 9.17) is 5.73 Å². The van der Waals surface area contributed by atoms with Gasteiger partial charge in [0.1, 0.15) is 11.9 Å². The maximum absolute atomic E-state index is 13.6. The van der Waals surface area contributed by atoms with Gasteiger partial charge in [0, 0.05) is 26.2 Å². The maximum Gasteiger partial charge on any atom is 0.243 e. The molecule has 182 valence electrons. The van der Waals surface area contributed by atoms with Crippen LogP contribution in [-0.2, 0) is 32.5 Å². The van der Waals surface area contributed by atoms with E-state index in [0.29, 0.717) is 10.5 Å². The van der Waals surface area contributed by atoms with Crippen molar-refractivity contribution in [3.63, 3.8) is 0 Å². The third-order valence-corrected chi connectivity index (χ3v) is 8.45. The highest BCUT2D eigenvalue weighted by Gasteiger charge is 2.32. The number of carbonyl (C=O) groups is 2. The monoisotopic (exact) mass is 488 g/mol. The van der Waals surface area contributed by atoms with Crippen molar-refractivity contribution in [1.82, 2.24) is 14.1 Å². The van der Waals surface area contributed by atoms with E-state index in [0.717, 1.165) is 24.8 Å². The van der Waals surface area contributed by atoms with Gasteiger partial charge >= 0.3 is 0 Å². The molecule has 4 rings (SSSR count). The zero-order valence-electron chi connectivity index (χ0n) is 19.1. The van der Waals surface area contributed by atoms with E-state index >= 15 is 0 Å². The van der Waals surface area contributed by atoms with Crippen molar-refractivity contribution in [3.8, 4) is 0 Å². The van der Waals surface area contributed by atoms with Gasteiger partial charge < -0.3 is 10.6 Å². The summed E-state index contributed by atoms with van der Waals surface area (Å²) in [6, 6.07) is 9.95. The Bertz CT molecular complexity index is 1200. The number of sulfonamides is 1. The fourth-order valence-electron chi connectivity index (χ4n) is 4.75. The SMILES string of the molecule is CN(CC(=O)N1CCN(S(=O)(=O)c2ccc3c(c2)CCC3)CC1)C(C(N)=O)c1cccc(F)c1. The van der Waals surface area contributed by atoms with Crippen LogP contribution in [0.4, 0.5) is 4.39 Å². The van der Waals surface area contributed by atoms with Gasteiger partial charge in [-0.3, -0.25) is 14.5 Å². The predicted octanol–water partition coefficient (Wildman–Crippen LogP) is 1.31. The van der Waals surface area contributed by atoms with Crippen molar-refractivity contribution in [2.24, 2.45) is 5.73 Å². The number of nitrogens with zero attached hydrogens (tertiary/aromatic N) is 3. The number of benzene rings is 2. The lowest BCUT2D eigenvalue weighted by Crippen LogP contribution is -2.52. The predicted molar refractivity (Wildman–Crippen MR) is 125 cm³/mol. The lowest BCUT2D eigenvalue weighted by Gasteiger charge is -2.35. The number of likely N-dealkylation sites (N-methyl/N-ethyl adjacent to an activating group) is 1. The van der Waals surface area contributed by atoms with Crippen LogP contribution in [0.1, 0.15) is 29.2 Å². The number of rotatable bonds is 7. The fourth-order valence-corrected chi connectivity index (χ4v) is 6.23. The second-order valence-electron chi connectivity index (χ2n) is 8.84. The van der Waals surface area contributed by atoms with Crippen LogP contribution in [0.2, 0.25) is 0 Å². The molecule has 2 aromatic carbocycles. The summed E-state index contributed by atoms with van der Waals surface area (Å²) in [5.74, 6) is -1.44. The van der Waals surface area contributed by atoms with Crippen molar-refractivity contribution in [2.45, 2.75) is 30.2 Å². The lowest BCUT2D eigenvalue weighted by molar-refractivity contribution is -0.134. The molecule has 1 unspecified atom stereocenters. The number of halogens is 1. The summed E-state index contributed by atoms with van der Waals surface area (Å²) in [6.45, 7) is 0.772. The lowest BCUT2D eigenvalue weighted by atomic mass is 10.0. The highest BCUT2D eigenvalue weighted by Crippen LogP contribution is 2.27. The second kappa shape index (κ2) is 9.81. The molecule has 1 atom stereocenters. The molecule has 0 radical (unpaired) electrons. The standard InChI is InChI=1S/C24H29FN4O4S/c1-27(23(24(26)31)19-6-3-7-20(25)14-19)16-22(30)28-10-12-29(13-11-28)34(32,33)21-9-8-17-4-2-5-18(17)15-21/h3,6-9,14-15,23H,2,4-5,10-13,16H2,1H3,(H2,26,31). The molecule has 1 heterocycles. The summed E-state index contributed by atoms with van der Waals surface area (Å²) in [5, 5.41) is 0. The molecular formula is C24H29FN4O4S. The van der Waals surface area contributed by atoms with Crippen LogP contribution in [-0.4, -0.2) is 74.1 Å². The molecule has 2 amide bonds. The number of hydrogen-bond donors (Lipinski definition) is 1. The van der Waals surface area contributed by atoms with Crippen molar-refractivity contribution >= 4 is 21.8 Å². The summed E-state index contributed by atoms with van der Waals surface area (Å²) >= 11 is 0. The van der Waals surface area contributed by atoms with E-state index in [1.165, 1.54) is 33.0 Å². The van der Waals surface area contributed by atoms with Crippen LogP contribution in [0.25, 0.3) is 0 Å². The van der Waals surface area contributed by atoms with E-state index in [1.54, 1.807) is 30.1 Å². The number of piperazine rings is 1. The molecule has 1 fully saturated rings. The first-order valence-corrected chi connectivity index (χ1v) is 12.8. The van der Waals surface area contributed by atoms with Crippen molar-refractivity contribution in [2.75, 3.05) is 39.8 Å². The fraction of sp³-hybridized carbons (Fsp3) is 0.417. The average molecular weight is 489 g/mol. The van der Waals surface area contributed by atoms with Gasteiger partial charge in [-0.1, -0.05) is 18.2 Å². The Morgan fingerprint density at radius 2 is 1.76 bits per heavy atom. The third kappa shape index (κ3) is 4.98. The summed E-state index contributed by atoms with van der Waals surface area (Å²) in [7, 11) is -2.06. The Labute approximate surface area is 199 Å². The molecule has 1 aliphatic heterocycles. The van der Waals surface area contributed by atoms with Crippen LogP contribution >= 0.6 is 0 Å². The molecule has 34 heavy (non-hydrogen) atoms. The molecule has 1 aliphatic carbocycles. The molecular weight excluding hydrogens is 459 g/mol. The van der Waals surface area contributed by atoms with E-state index in [2.05, 4.69) is 0 Å². The number of nitrogens with two attached hydrogens (primary N) is 1. The van der Waals surface area contributed by atoms with E-state index in [-0.39, 0.29) is 38.6 Å². The first-order chi connectivity index (χ1) is 16.2. The van der Waals surface area contributed by atoms with E-state index in [9.17, 15) is 22.4 Å². The molecule has 8 nitrogen and oxygen atoms in total. The quantitative estimate of drug-likeness (QED) is 0.633. The van der Waals surface area contributed by atoms with Gasteiger partial charge in [0.25, 0.3) is 0 Å². The molecule has 2 aliphatic rings. The Hall–Kier alpha value is -2.82. The molecule has 10 heteroatoms. The number of carbonyl (C=O) groups excluding carboxylic acids is 2. The average Bonchev–Trinajstić information content (AvgIpc) is 3.27. The summed E-state index contributed by atoms with van der Waals surface area (Å²) < 4.78 is 41.3. The van der Waals surface area contributed by atoms with E-state index in [1.807, 2.05) is 6.07 Å². The van der Waals surface area contributed by atoms with Gasteiger partial charge in [0.15, 0.2) is 0 Å². The highest BCUT2D eigenvalue weighted by molar-refractivity contribution is 7.89. The van der Waals surface area contributed by atoms with Gasteiger partial charge in [0.2, 0.25) is 21.8 Å². The van der Waals surface area contributed by atoms with Crippen LogP contribution in [0.3, 0.4) is 0 Å². The Kier molecular flexibility index (Phi) is 7.01. The number of aryl methyl sites for hydroxylation is 2. The molecule has 0 spiro atoms. The zero-order valence-corrected chi connectivity index (χ0v) is 19.9. The van der Waals surface area contributed by atoms with Crippen LogP contribution in [0, 0.1) is 5.82 Å². The minimum absolute atomic E-state index is 0.109. The van der Waals surface area contributed by atoms with Crippen LogP contribution < -0.4 is 5.73 Å². The molecule has 1 saturated heterocycles. The summed E-state index contributed by atoms with van der Waals surface area (Å²) in [6.07, 6.45) is 2.93. The number of primary amides is 1. The Morgan fingerprint density at radius 3 is 2.44 bits per heavy atom. The highest BCUT2D eigenvalue weighted by atomic mass is 32.2. The number of fused-ring (bicyclic) bond motifs is 1. The van der Waals surface area contributed by atoms with Crippen LogP contribution in [0.5, 0.6) is 0 Å². The van der Waals surface area contributed by atoms with Crippen LogP contribution in [0.15, 0.2) is 47.4 Å². The van der Waals surface area contributed by atoms with Gasteiger partial charge in [-0.25, -0.2) is 12.8 Å². The zero-order chi connectivity index (χ0) is 24.5. The normalized spacial score (nSPS) is 17.6. The van der Waals surface area contributed by atoms with E-state index < -0.39 is 27.8 Å².